The van der Waals surface area contributed by atoms with Crippen molar-refractivity contribution in [2.24, 2.45) is 5.92 Å². The second-order valence-corrected chi connectivity index (χ2v) is 8.58. The Morgan fingerprint density at radius 1 is 1.40 bits per heavy atom. The summed E-state index contributed by atoms with van der Waals surface area (Å²) >= 11 is 1.79. The van der Waals surface area contributed by atoms with Gasteiger partial charge in [-0.3, -0.25) is 14.5 Å². The minimum absolute atomic E-state index is 0.0348. The van der Waals surface area contributed by atoms with E-state index in [1.807, 2.05) is 0 Å². The lowest BCUT2D eigenvalue weighted by atomic mass is 9.77. The van der Waals surface area contributed by atoms with Crippen LogP contribution in [0.5, 0.6) is 0 Å². The Hall–Kier alpha value is -1.44. The highest BCUT2D eigenvalue weighted by molar-refractivity contribution is 7.10. The highest BCUT2D eigenvalue weighted by Crippen LogP contribution is 2.43. The normalized spacial score (nSPS) is 23.8. The molecule has 138 valence electrons. The lowest BCUT2D eigenvalue weighted by Gasteiger charge is -2.45. The number of hydrogen-bond acceptors (Lipinski definition) is 5. The van der Waals surface area contributed by atoms with Gasteiger partial charge in [-0.05, 0) is 43.9 Å². The van der Waals surface area contributed by atoms with Crippen molar-refractivity contribution >= 4 is 23.2 Å². The molecule has 0 aliphatic carbocycles. The summed E-state index contributed by atoms with van der Waals surface area (Å²) in [6, 6.07) is 2.26. The fourth-order valence-corrected chi connectivity index (χ4v) is 5.18. The minimum atomic E-state index is -0.835. The molecular weight excluding hydrogens is 338 g/mol. The van der Waals surface area contributed by atoms with Gasteiger partial charge in [0, 0.05) is 44.5 Å². The molecule has 1 N–H and O–H groups in total. The van der Waals surface area contributed by atoms with Crippen molar-refractivity contribution in [1.82, 2.24) is 14.7 Å². The highest BCUT2D eigenvalue weighted by Gasteiger charge is 2.55. The molecule has 1 spiro atoms. The molecule has 0 unspecified atom stereocenters. The number of carboxylic acid groups (broad SMARTS) is 1. The molecule has 2 aliphatic rings. The molecule has 6 nitrogen and oxygen atoms in total. The van der Waals surface area contributed by atoms with Crippen LogP contribution in [0.15, 0.2) is 11.4 Å². The molecule has 3 heterocycles. The average molecular weight is 365 g/mol. The molecule has 0 bridgehead atoms. The van der Waals surface area contributed by atoms with Gasteiger partial charge in [0.15, 0.2) is 0 Å². The number of likely N-dealkylation sites (tertiary alicyclic amines) is 2. The molecule has 3 rings (SSSR count). The summed E-state index contributed by atoms with van der Waals surface area (Å²) < 4.78 is 0. The fourth-order valence-electron chi connectivity index (χ4n) is 4.26. The number of thiophene rings is 1. The van der Waals surface area contributed by atoms with Gasteiger partial charge in [-0.15, -0.1) is 11.3 Å². The van der Waals surface area contributed by atoms with Gasteiger partial charge in [0.1, 0.15) is 0 Å². The number of aliphatic carboxylic acids is 1. The van der Waals surface area contributed by atoms with Crippen LogP contribution in [0.2, 0.25) is 0 Å². The first-order valence-corrected chi connectivity index (χ1v) is 9.62. The predicted molar refractivity (Wildman–Crippen MR) is 97.5 cm³/mol. The molecule has 1 aromatic heterocycles. The second-order valence-electron chi connectivity index (χ2n) is 7.59. The number of amides is 1. The zero-order chi connectivity index (χ0) is 18.2. The number of piperidine rings is 1. The van der Waals surface area contributed by atoms with Gasteiger partial charge >= 0.3 is 5.97 Å². The number of nitrogens with zero attached hydrogens (tertiary/aromatic N) is 3. The molecule has 0 aromatic carbocycles. The molecule has 1 amide bonds. The van der Waals surface area contributed by atoms with Gasteiger partial charge in [-0.1, -0.05) is 0 Å². The molecular formula is C18H27N3O3S. The summed E-state index contributed by atoms with van der Waals surface area (Å²) in [5.74, 6) is -1.44. The smallest absolute Gasteiger partial charge is 0.309 e. The Morgan fingerprint density at radius 2 is 2.08 bits per heavy atom. The van der Waals surface area contributed by atoms with Crippen LogP contribution in [0.25, 0.3) is 0 Å². The zero-order valence-corrected chi connectivity index (χ0v) is 16.0. The van der Waals surface area contributed by atoms with Crippen molar-refractivity contribution in [1.29, 1.82) is 0 Å². The van der Waals surface area contributed by atoms with Crippen LogP contribution < -0.4 is 0 Å². The Bertz CT molecular complexity index is 650. The van der Waals surface area contributed by atoms with Gasteiger partial charge in [-0.2, -0.15) is 0 Å². The Morgan fingerprint density at radius 3 is 2.68 bits per heavy atom. The van der Waals surface area contributed by atoms with Gasteiger partial charge in [0.2, 0.25) is 5.91 Å². The van der Waals surface area contributed by atoms with Crippen LogP contribution in [0, 0.1) is 5.92 Å². The third-order valence-electron chi connectivity index (χ3n) is 5.68. The lowest BCUT2D eigenvalue weighted by Crippen LogP contribution is -2.55. The van der Waals surface area contributed by atoms with Crippen molar-refractivity contribution in [2.45, 2.75) is 37.9 Å². The molecule has 1 aromatic rings. The van der Waals surface area contributed by atoms with E-state index in [-0.39, 0.29) is 12.3 Å². The van der Waals surface area contributed by atoms with Crippen LogP contribution >= 0.6 is 11.3 Å². The maximum atomic E-state index is 12.1. The molecule has 2 fully saturated rings. The van der Waals surface area contributed by atoms with Crippen molar-refractivity contribution in [3.63, 3.8) is 0 Å². The zero-order valence-electron chi connectivity index (χ0n) is 15.2. The van der Waals surface area contributed by atoms with E-state index in [2.05, 4.69) is 35.3 Å². The highest BCUT2D eigenvalue weighted by atomic mass is 32.1. The maximum absolute atomic E-state index is 12.1. The number of hydrogen-bond donors (Lipinski definition) is 1. The first kappa shape index (κ1) is 18.4. The molecule has 2 saturated heterocycles. The topological polar surface area (TPSA) is 64.1 Å². The van der Waals surface area contributed by atoms with E-state index in [0.717, 1.165) is 39.0 Å². The Balaban J connectivity index is 1.62. The fraction of sp³-hybridized carbons (Fsp3) is 0.667. The molecule has 0 saturated carbocycles. The van der Waals surface area contributed by atoms with E-state index >= 15 is 0 Å². The lowest BCUT2D eigenvalue weighted by molar-refractivity contribution is -0.146. The van der Waals surface area contributed by atoms with E-state index in [1.165, 1.54) is 10.4 Å². The van der Waals surface area contributed by atoms with Crippen molar-refractivity contribution < 1.29 is 14.7 Å². The van der Waals surface area contributed by atoms with Crippen LogP contribution in [0.3, 0.4) is 0 Å². The summed E-state index contributed by atoms with van der Waals surface area (Å²) in [5.41, 5.74) is 0.843. The number of carboxylic acids is 1. The third kappa shape index (κ3) is 3.59. The third-order valence-corrected chi connectivity index (χ3v) is 6.65. The van der Waals surface area contributed by atoms with Crippen molar-refractivity contribution in [3.8, 4) is 0 Å². The molecule has 0 radical (unpaired) electrons. The number of carbonyl (C=O) groups excluding carboxylic acids is 1. The Labute approximate surface area is 153 Å². The molecule has 1 atom stereocenters. The van der Waals surface area contributed by atoms with Gasteiger partial charge in [-0.25, -0.2) is 0 Å². The standard InChI is InChI=1S/C18H27N3O3S/c1-19(2)10-13-8-14(25-12-13)11-21-6-4-18(5-7-21)15(17(23)24)9-16(22)20(18)3/h8,12,15H,4-7,9-11H2,1-3H3,(H,23,24)/t15-/m0/s1. The van der Waals surface area contributed by atoms with Gasteiger partial charge < -0.3 is 14.9 Å². The predicted octanol–water partition coefficient (Wildman–Crippen LogP) is 1.71. The Kier molecular flexibility index (Phi) is 5.18. The maximum Gasteiger partial charge on any atom is 0.309 e. The summed E-state index contributed by atoms with van der Waals surface area (Å²) in [4.78, 5) is 31.3. The van der Waals surface area contributed by atoms with E-state index < -0.39 is 17.4 Å². The largest absolute Gasteiger partial charge is 0.481 e. The minimum Gasteiger partial charge on any atom is -0.481 e. The molecule has 7 heteroatoms. The summed E-state index contributed by atoms with van der Waals surface area (Å²) in [5, 5.41) is 11.8. The van der Waals surface area contributed by atoms with Crippen molar-refractivity contribution in [3.05, 3.63) is 21.9 Å². The van der Waals surface area contributed by atoms with E-state index in [4.69, 9.17) is 0 Å². The van der Waals surface area contributed by atoms with Crippen LogP contribution in [0.4, 0.5) is 0 Å². The molecule has 25 heavy (non-hydrogen) atoms. The first-order valence-electron chi connectivity index (χ1n) is 8.74. The van der Waals surface area contributed by atoms with Crippen molar-refractivity contribution in [2.75, 3.05) is 34.2 Å². The van der Waals surface area contributed by atoms with Gasteiger partial charge in [0.05, 0.1) is 11.5 Å². The number of carbonyl (C=O) groups is 2. The van der Waals surface area contributed by atoms with Crippen LogP contribution in [-0.2, 0) is 22.7 Å². The quantitative estimate of drug-likeness (QED) is 0.861. The summed E-state index contributed by atoms with van der Waals surface area (Å²) in [6.07, 6.45) is 1.62. The average Bonchev–Trinajstić information content (AvgIpc) is 3.07. The molecule has 2 aliphatic heterocycles. The first-order chi connectivity index (χ1) is 11.8. The summed E-state index contributed by atoms with van der Waals surface area (Å²) in [7, 11) is 5.91. The SMILES string of the molecule is CN(C)Cc1csc(CN2CCC3(CC2)[C@H](C(=O)O)CC(=O)N3C)c1. The van der Waals surface area contributed by atoms with E-state index in [1.54, 1.807) is 23.3 Å². The number of rotatable bonds is 5. The van der Waals surface area contributed by atoms with E-state index in [0.29, 0.717) is 0 Å². The van der Waals surface area contributed by atoms with Crippen LogP contribution in [-0.4, -0.2) is 71.5 Å². The van der Waals surface area contributed by atoms with Gasteiger partial charge in [0.25, 0.3) is 0 Å². The summed E-state index contributed by atoms with van der Waals surface area (Å²) in [6.45, 7) is 3.53. The van der Waals surface area contributed by atoms with E-state index in [9.17, 15) is 14.7 Å². The van der Waals surface area contributed by atoms with Crippen LogP contribution in [0.1, 0.15) is 29.7 Å². The second kappa shape index (κ2) is 7.05. The monoisotopic (exact) mass is 365 g/mol.